The molecule has 2 aromatic rings. The van der Waals surface area contributed by atoms with E-state index in [4.69, 9.17) is 9.15 Å². The molecule has 0 saturated carbocycles. The molecule has 0 spiro atoms. The molecule has 0 saturated heterocycles. The first-order valence-electron chi connectivity index (χ1n) is 8.61. The summed E-state index contributed by atoms with van der Waals surface area (Å²) in [6.45, 7) is 3.45. The number of carbonyl (C=O) groups is 4. The van der Waals surface area contributed by atoms with Crippen molar-refractivity contribution >= 4 is 29.5 Å². The summed E-state index contributed by atoms with van der Waals surface area (Å²) in [5, 5.41) is 7.16. The second-order valence-electron chi connectivity index (χ2n) is 5.84. The van der Waals surface area contributed by atoms with Gasteiger partial charge in [-0.3, -0.25) is 14.9 Å². The summed E-state index contributed by atoms with van der Waals surface area (Å²) in [4.78, 5) is 47.3. The SMILES string of the molecule is CCCNC(=O)NC(=O)COC(=O)c1ccc(C)c(NC(=O)c2ccco2)c1. The third kappa shape index (κ3) is 5.97. The largest absolute Gasteiger partial charge is 0.459 e. The van der Waals surface area contributed by atoms with Gasteiger partial charge in [0.05, 0.1) is 11.8 Å². The molecule has 2 rings (SSSR count). The van der Waals surface area contributed by atoms with Gasteiger partial charge < -0.3 is 19.8 Å². The lowest BCUT2D eigenvalue weighted by molar-refractivity contribution is -0.123. The summed E-state index contributed by atoms with van der Waals surface area (Å²) in [7, 11) is 0. The molecule has 28 heavy (non-hydrogen) atoms. The topological polar surface area (TPSA) is 127 Å². The predicted molar refractivity (Wildman–Crippen MR) is 100.0 cm³/mol. The Balaban J connectivity index is 1.93. The molecule has 0 fully saturated rings. The second kappa shape index (κ2) is 9.91. The van der Waals surface area contributed by atoms with Gasteiger partial charge in [0.25, 0.3) is 11.8 Å². The molecule has 0 atom stereocenters. The Hall–Kier alpha value is -3.62. The highest BCUT2D eigenvalue weighted by molar-refractivity contribution is 6.03. The third-order valence-electron chi connectivity index (χ3n) is 3.59. The molecule has 3 N–H and O–H groups in total. The van der Waals surface area contributed by atoms with Crippen LogP contribution < -0.4 is 16.0 Å². The number of esters is 1. The first kappa shape index (κ1) is 20.7. The van der Waals surface area contributed by atoms with Crippen molar-refractivity contribution < 1.29 is 28.3 Å². The molecule has 0 aliphatic carbocycles. The van der Waals surface area contributed by atoms with E-state index < -0.39 is 30.4 Å². The smallest absolute Gasteiger partial charge is 0.338 e. The third-order valence-corrected chi connectivity index (χ3v) is 3.59. The van der Waals surface area contributed by atoms with Crippen molar-refractivity contribution in [3.63, 3.8) is 0 Å². The first-order valence-corrected chi connectivity index (χ1v) is 8.61. The summed E-state index contributed by atoms with van der Waals surface area (Å²) >= 11 is 0. The molecular formula is C19H21N3O6. The van der Waals surface area contributed by atoms with Gasteiger partial charge in [-0.15, -0.1) is 0 Å². The normalized spacial score (nSPS) is 10.1. The number of aryl methyl sites for hydroxylation is 1. The predicted octanol–water partition coefficient (Wildman–Crippen LogP) is 2.23. The molecule has 9 heteroatoms. The first-order chi connectivity index (χ1) is 13.4. The minimum atomic E-state index is -0.766. The van der Waals surface area contributed by atoms with Gasteiger partial charge in [0.1, 0.15) is 0 Å². The fourth-order valence-electron chi connectivity index (χ4n) is 2.14. The highest BCUT2D eigenvalue weighted by atomic mass is 16.5. The zero-order chi connectivity index (χ0) is 20.5. The lowest BCUT2D eigenvalue weighted by atomic mass is 10.1. The fraction of sp³-hybridized carbons (Fsp3) is 0.263. The second-order valence-corrected chi connectivity index (χ2v) is 5.84. The van der Waals surface area contributed by atoms with E-state index in [9.17, 15) is 19.2 Å². The summed E-state index contributed by atoms with van der Waals surface area (Å²) in [5.74, 6) is -1.85. The van der Waals surface area contributed by atoms with Crippen LogP contribution in [0, 0.1) is 6.92 Å². The van der Waals surface area contributed by atoms with Crippen LogP contribution in [0.2, 0.25) is 0 Å². The number of nitrogens with one attached hydrogen (secondary N) is 3. The minimum absolute atomic E-state index is 0.130. The lowest BCUT2D eigenvalue weighted by Gasteiger charge is -2.10. The molecule has 0 aliphatic rings. The zero-order valence-electron chi connectivity index (χ0n) is 15.5. The van der Waals surface area contributed by atoms with E-state index >= 15 is 0 Å². The van der Waals surface area contributed by atoms with Crippen LogP contribution in [-0.2, 0) is 9.53 Å². The van der Waals surface area contributed by atoms with Crippen molar-refractivity contribution in [2.75, 3.05) is 18.5 Å². The number of hydrogen-bond acceptors (Lipinski definition) is 6. The Morgan fingerprint density at radius 3 is 2.61 bits per heavy atom. The van der Waals surface area contributed by atoms with Crippen LogP contribution in [-0.4, -0.2) is 37.0 Å². The Morgan fingerprint density at radius 1 is 1.14 bits per heavy atom. The van der Waals surface area contributed by atoms with Gasteiger partial charge in [0, 0.05) is 12.2 Å². The lowest BCUT2D eigenvalue weighted by Crippen LogP contribution is -2.41. The van der Waals surface area contributed by atoms with Crippen LogP contribution in [0.25, 0.3) is 0 Å². The van der Waals surface area contributed by atoms with E-state index in [2.05, 4.69) is 16.0 Å². The van der Waals surface area contributed by atoms with Crippen molar-refractivity contribution in [1.82, 2.24) is 10.6 Å². The van der Waals surface area contributed by atoms with Crippen molar-refractivity contribution in [2.45, 2.75) is 20.3 Å². The Morgan fingerprint density at radius 2 is 1.93 bits per heavy atom. The van der Waals surface area contributed by atoms with E-state index in [1.165, 1.54) is 24.5 Å². The molecule has 0 radical (unpaired) electrons. The number of benzene rings is 1. The Labute approximate surface area is 161 Å². The van der Waals surface area contributed by atoms with E-state index in [1.807, 2.05) is 6.92 Å². The average molecular weight is 387 g/mol. The number of rotatable bonds is 7. The molecule has 1 heterocycles. The van der Waals surface area contributed by atoms with Crippen LogP contribution in [0.4, 0.5) is 10.5 Å². The van der Waals surface area contributed by atoms with Gasteiger partial charge in [-0.25, -0.2) is 9.59 Å². The van der Waals surface area contributed by atoms with Crippen LogP contribution in [0.15, 0.2) is 41.0 Å². The minimum Gasteiger partial charge on any atom is -0.459 e. The summed E-state index contributed by atoms with van der Waals surface area (Å²) < 4.78 is 9.93. The molecule has 1 aromatic heterocycles. The fourth-order valence-corrected chi connectivity index (χ4v) is 2.14. The van der Waals surface area contributed by atoms with Crippen LogP contribution in [0.5, 0.6) is 0 Å². The average Bonchev–Trinajstić information content (AvgIpc) is 3.21. The quantitative estimate of drug-likeness (QED) is 0.625. The van der Waals surface area contributed by atoms with Crippen LogP contribution in [0.3, 0.4) is 0 Å². The number of amides is 4. The molecule has 1 aromatic carbocycles. The molecule has 0 bridgehead atoms. The van der Waals surface area contributed by atoms with E-state index in [-0.39, 0.29) is 11.3 Å². The van der Waals surface area contributed by atoms with Gasteiger partial charge in [-0.1, -0.05) is 13.0 Å². The number of ether oxygens (including phenoxy) is 1. The maximum absolute atomic E-state index is 12.2. The number of furan rings is 1. The monoisotopic (exact) mass is 387 g/mol. The molecule has 0 aliphatic heterocycles. The van der Waals surface area contributed by atoms with Gasteiger partial charge in [-0.05, 0) is 43.2 Å². The highest BCUT2D eigenvalue weighted by Crippen LogP contribution is 2.19. The Kier molecular flexibility index (Phi) is 7.32. The number of hydrogen-bond donors (Lipinski definition) is 3. The van der Waals surface area contributed by atoms with Gasteiger partial charge >= 0.3 is 12.0 Å². The summed E-state index contributed by atoms with van der Waals surface area (Å²) in [5.41, 5.74) is 1.27. The number of anilines is 1. The number of carbonyl (C=O) groups excluding carboxylic acids is 4. The van der Waals surface area contributed by atoms with Crippen LogP contribution in [0.1, 0.15) is 39.8 Å². The van der Waals surface area contributed by atoms with E-state index in [0.29, 0.717) is 12.2 Å². The maximum atomic E-state index is 12.2. The maximum Gasteiger partial charge on any atom is 0.338 e. The van der Waals surface area contributed by atoms with Crippen molar-refractivity contribution in [3.05, 3.63) is 53.5 Å². The van der Waals surface area contributed by atoms with Crippen molar-refractivity contribution in [3.8, 4) is 0 Å². The molecular weight excluding hydrogens is 366 g/mol. The van der Waals surface area contributed by atoms with Gasteiger partial charge in [0.15, 0.2) is 12.4 Å². The molecule has 9 nitrogen and oxygen atoms in total. The number of urea groups is 1. The standard InChI is InChI=1S/C19H21N3O6/c1-3-8-20-19(26)22-16(23)11-28-18(25)13-7-6-12(2)14(10-13)21-17(24)15-5-4-9-27-15/h4-7,9-10H,3,8,11H2,1-2H3,(H,21,24)(H2,20,22,23,26). The zero-order valence-corrected chi connectivity index (χ0v) is 15.5. The Bertz CT molecular complexity index is 861. The van der Waals surface area contributed by atoms with Crippen molar-refractivity contribution in [1.29, 1.82) is 0 Å². The van der Waals surface area contributed by atoms with Crippen LogP contribution >= 0.6 is 0 Å². The molecule has 148 valence electrons. The van der Waals surface area contributed by atoms with E-state index in [0.717, 1.165) is 12.0 Å². The summed E-state index contributed by atoms with van der Waals surface area (Å²) in [6.07, 6.45) is 2.10. The summed E-state index contributed by atoms with van der Waals surface area (Å²) in [6, 6.07) is 7.02. The van der Waals surface area contributed by atoms with Gasteiger partial charge in [0.2, 0.25) is 0 Å². The molecule has 0 unspecified atom stereocenters. The van der Waals surface area contributed by atoms with Crippen molar-refractivity contribution in [2.24, 2.45) is 0 Å². The highest BCUT2D eigenvalue weighted by Gasteiger charge is 2.15. The molecule has 4 amide bonds. The number of imide groups is 1. The van der Waals surface area contributed by atoms with E-state index in [1.54, 1.807) is 19.1 Å². The van der Waals surface area contributed by atoms with Gasteiger partial charge in [-0.2, -0.15) is 0 Å².